The van der Waals surface area contributed by atoms with Gasteiger partial charge in [-0.3, -0.25) is 9.59 Å². The SMILES string of the molecule is CCNS(=O)(=O)c1ccc(C)c(C(=O)N(C)CC(=O)Nc2c(C)cc(C)cc2C)c1. The third-order valence-corrected chi connectivity index (χ3v) is 6.30. The van der Waals surface area contributed by atoms with Crippen LogP contribution in [0.2, 0.25) is 0 Å². The molecule has 162 valence electrons. The van der Waals surface area contributed by atoms with Crippen LogP contribution in [0.3, 0.4) is 0 Å². The van der Waals surface area contributed by atoms with Crippen LogP contribution in [-0.2, 0) is 14.8 Å². The van der Waals surface area contributed by atoms with Crippen LogP contribution < -0.4 is 10.0 Å². The Morgan fingerprint density at radius 2 is 1.57 bits per heavy atom. The number of sulfonamides is 1. The van der Waals surface area contributed by atoms with Crippen LogP contribution in [0, 0.1) is 27.7 Å². The lowest BCUT2D eigenvalue weighted by atomic mass is 10.1. The Labute approximate surface area is 178 Å². The molecule has 0 atom stereocenters. The lowest BCUT2D eigenvalue weighted by Crippen LogP contribution is -2.35. The van der Waals surface area contributed by atoms with E-state index in [2.05, 4.69) is 10.0 Å². The van der Waals surface area contributed by atoms with Crippen LogP contribution in [0.15, 0.2) is 35.2 Å². The van der Waals surface area contributed by atoms with E-state index in [1.54, 1.807) is 19.9 Å². The molecule has 7 nitrogen and oxygen atoms in total. The van der Waals surface area contributed by atoms with E-state index in [4.69, 9.17) is 0 Å². The molecule has 0 aromatic heterocycles. The van der Waals surface area contributed by atoms with Crippen molar-refractivity contribution in [2.24, 2.45) is 0 Å². The lowest BCUT2D eigenvalue weighted by molar-refractivity contribution is -0.116. The van der Waals surface area contributed by atoms with Gasteiger partial charge in [-0.1, -0.05) is 30.7 Å². The quantitative estimate of drug-likeness (QED) is 0.705. The largest absolute Gasteiger partial charge is 0.332 e. The molecule has 0 bridgehead atoms. The van der Waals surface area contributed by atoms with Crippen LogP contribution in [0.4, 0.5) is 5.69 Å². The number of aryl methyl sites for hydroxylation is 4. The molecule has 0 aliphatic rings. The smallest absolute Gasteiger partial charge is 0.254 e. The number of hydrogen-bond donors (Lipinski definition) is 2. The van der Waals surface area contributed by atoms with Gasteiger partial charge in [-0.05, 0) is 56.5 Å². The molecule has 2 rings (SSSR count). The molecule has 0 saturated heterocycles. The Hall–Kier alpha value is -2.71. The fourth-order valence-corrected chi connectivity index (χ4v) is 4.39. The van der Waals surface area contributed by atoms with Gasteiger partial charge in [0, 0.05) is 24.8 Å². The molecule has 0 fully saturated rings. The van der Waals surface area contributed by atoms with Crippen molar-refractivity contribution in [2.45, 2.75) is 39.5 Å². The zero-order chi connectivity index (χ0) is 22.6. The summed E-state index contributed by atoms with van der Waals surface area (Å²) < 4.78 is 26.9. The molecular weight excluding hydrogens is 402 g/mol. The summed E-state index contributed by atoms with van der Waals surface area (Å²) in [5.74, 6) is -0.747. The standard InChI is InChI=1S/C22H29N3O4S/c1-7-23-30(28,29)18-9-8-15(3)19(12-18)22(27)25(6)13-20(26)24-21-16(4)10-14(2)11-17(21)5/h8-12,23H,7,13H2,1-6H3,(H,24,26). The summed E-state index contributed by atoms with van der Waals surface area (Å²) in [5, 5.41) is 2.87. The van der Waals surface area contributed by atoms with Crippen molar-refractivity contribution in [3.8, 4) is 0 Å². The minimum atomic E-state index is -3.69. The number of likely N-dealkylation sites (N-methyl/N-ethyl adjacent to an activating group) is 1. The summed E-state index contributed by atoms with van der Waals surface area (Å²) in [6, 6.07) is 8.36. The highest BCUT2D eigenvalue weighted by Crippen LogP contribution is 2.22. The molecule has 0 aliphatic heterocycles. The number of nitrogens with zero attached hydrogens (tertiary/aromatic N) is 1. The molecular formula is C22H29N3O4S. The molecule has 0 saturated carbocycles. The Morgan fingerprint density at radius 1 is 0.967 bits per heavy atom. The average Bonchev–Trinajstić information content (AvgIpc) is 2.64. The van der Waals surface area contributed by atoms with Crippen LogP contribution in [0.25, 0.3) is 0 Å². The van der Waals surface area contributed by atoms with Crippen molar-refractivity contribution in [3.63, 3.8) is 0 Å². The minimum absolute atomic E-state index is 0.0158. The highest BCUT2D eigenvalue weighted by atomic mass is 32.2. The second kappa shape index (κ2) is 9.40. The summed E-state index contributed by atoms with van der Waals surface area (Å²) in [4.78, 5) is 26.7. The van der Waals surface area contributed by atoms with E-state index in [1.165, 1.54) is 24.1 Å². The Bertz CT molecular complexity index is 1050. The minimum Gasteiger partial charge on any atom is -0.332 e. The molecule has 2 N–H and O–H groups in total. The molecule has 2 aromatic carbocycles. The third kappa shape index (κ3) is 5.46. The van der Waals surface area contributed by atoms with Gasteiger partial charge in [-0.2, -0.15) is 0 Å². The Morgan fingerprint density at radius 3 is 2.13 bits per heavy atom. The lowest BCUT2D eigenvalue weighted by Gasteiger charge is -2.20. The summed E-state index contributed by atoms with van der Waals surface area (Å²) in [5.41, 5.74) is 4.62. The maximum atomic E-state index is 12.9. The van der Waals surface area contributed by atoms with Crippen LogP contribution in [0.5, 0.6) is 0 Å². The van der Waals surface area contributed by atoms with Gasteiger partial charge in [0.15, 0.2) is 0 Å². The number of hydrogen-bond acceptors (Lipinski definition) is 4. The van der Waals surface area contributed by atoms with Crippen molar-refractivity contribution in [2.75, 3.05) is 25.5 Å². The maximum Gasteiger partial charge on any atom is 0.254 e. The topological polar surface area (TPSA) is 95.6 Å². The number of anilines is 1. The highest BCUT2D eigenvalue weighted by Gasteiger charge is 2.21. The number of nitrogens with one attached hydrogen (secondary N) is 2. The maximum absolute atomic E-state index is 12.9. The van der Waals surface area contributed by atoms with Gasteiger partial charge in [0.2, 0.25) is 15.9 Å². The van der Waals surface area contributed by atoms with E-state index in [1.807, 2.05) is 32.9 Å². The fraction of sp³-hybridized carbons (Fsp3) is 0.364. The fourth-order valence-electron chi connectivity index (χ4n) is 3.32. The van der Waals surface area contributed by atoms with Gasteiger partial charge in [-0.15, -0.1) is 0 Å². The average molecular weight is 432 g/mol. The Kier molecular flexibility index (Phi) is 7.39. The van der Waals surface area contributed by atoms with E-state index >= 15 is 0 Å². The zero-order valence-electron chi connectivity index (χ0n) is 18.3. The first-order valence-corrected chi connectivity index (χ1v) is 11.2. The number of amides is 2. The number of benzene rings is 2. The molecule has 2 aromatic rings. The third-order valence-electron chi connectivity index (χ3n) is 4.75. The van der Waals surface area contributed by atoms with E-state index in [0.29, 0.717) is 5.56 Å². The van der Waals surface area contributed by atoms with Crippen molar-refractivity contribution in [1.29, 1.82) is 0 Å². The summed E-state index contributed by atoms with van der Waals surface area (Å²) in [6.07, 6.45) is 0. The van der Waals surface area contributed by atoms with Crippen molar-refractivity contribution < 1.29 is 18.0 Å². The first-order chi connectivity index (χ1) is 14.0. The van der Waals surface area contributed by atoms with E-state index in [9.17, 15) is 18.0 Å². The summed E-state index contributed by atoms with van der Waals surface area (Å²) >= 11 is 0. The number of carbonyl (C=O) groups is 2. The van der Waals surface area contributed by atoms with Crippen LogP contribution in [-0.4, -0.2) is 45.3 Å². The van der Waals surface area contributed by atoms with Crippen molar-refractivity contribution >= 4 is 27.5 Å². The second-order valence-electron chi connectivity index (χ2n) is 7.46. The van der Waals surface area contributed by atoms with Gasteiger partial charge in [0.05, 0.1) is 11.4 Å². The van der Waals surface area contributed by atoms with Gasteiger partial charge in [0.1, 0.15) is 0 Å². The molecule has 0 unspecified atom stereocenters. The monoisotopic (exact) mass is 431 g/mol. The van der Waals surface area contributed by atoms with Crippen molar-refractivity contribution in [1.82, 2.24) is 9.62 Å². The van der Waals surface area contributed by atoms with Gasteiger partial charge < -0.3 is 10.2 Å². The summed E-state index contributed by atoms with van der Waals surface area (Å²) in [6.45, 7) is 9.33. The molecule has 0 radical (unpaired) electrons. The van der Waals surface area contributed by atoms with Crippen LogP contribution in [0.1, 0.15) is 39.5 Å². The van der Waals surface area contributed by atoms with Crippen LogP contribution >= 0.6 is 0 Å². The normalized spacial score (nSPS) is 11.3. The van der Waals surface area contributed by atoms with E-state index < -0.39 is 15.9 Å². The van der Waals surface area contributed by atoms with Crippen molar-refractivity contribution in [3.05, 3.63) is 58.1 Å². The Balaban J connectivity index is 2.19. The zero-order valence-corrected chi connectivity index (χ0v) is 19.1. The van der Waals surface area contributed by atoms with E-state index in [0.717, 1.165) is 22.4 Å². The highest BCUT2D eigenvalue weighted by molar-refractivity contribution is 7.89. The molecule has 30 heavy (non-hydrogen) atoms. The molecule has 0 heterocycles. The molecule has 8 heteroatoms. The second-order valence-corrected chi connectivity index (χ2v) is 9.23. The van der Waals surface area contributed by atoms with Gasteiger partial charge in [-0.25, -0.2) is 13.1 Å². The van der Waals surface area contributed by atoms with E-state index in [-0.39, 0.29) is 29.5 Å². The predicted molar refractivity (Wildman–Crippen MR) is 118 cm³/mol. The first-order valence-electron chi connectivity index (χ1n) is 9.69. The molecule has 0 aliphatic carbocycles. The first kappa shape index (κ1) is 23.6. The molecule has 0 spiro atoms. The molecule has 2 amide bonds. The van der Waals surface area contributed by atoms with Gasteiger partial charge >= 0.3 is 0 Å². The number of carbonyl (C=O) groups excluding carboxylic acids is 2. The summed E-state index contributed by atoms with van der Waals surface area (Å²) in [7, 11) is -2.17. The predicted octanol–water partition coefficient (Wildman–Crippen LogP) is 2.93. The van der Waals surface area contributed by atoms with Gasteiger partial charge in [0.25, 0.3) is 5.91 Å². The number of rotatable bonds is 7.